The monoisotopic (exact) mass is 410 g/mol. The number of nitrogens with zero attached hydrogens (tertiary/aromatic N) is 3. The number of carbonyl (C=O) groups is 1. The third kappa shape index (κ3) is 3.78. The van der Waals surface area contributed by atoms with Crippen molar-refractivity contribution in [2.45, 2.75) is 13.5 Å². The quantitative estimate of drug-likeness (QED) is 0.710. The van der Waals surface area contributed by atoms with E-state index in [4.69, 9.17) is 0 Å². The normalized spacial score (nSPS) is 14.9. The summed E-state index contributed by atoms with van der Waals surface area (Å²) in [7, 11) is 0. The maximum absolute atomic E-state index is 14.5. The number of aromatic nitrogens is 2. The van der Waals surface area contributed by atoms with Crippen molar-refractivity contribution in [1.82, 2.24) is 19.4 Å². The molecule has 1 aliphatic heterocycles. The van der Waals surface area contributed by atoms with Crippen LogP contribution in [0.1, 0.15) is 22.8 Å². The fourth-order valence-electron chi connectivity index (χ4n) is 3.85. The minimum absolute atomic E-state index is 0.000715. The van der Waals surface area contributed by atoms with Crippen LogP contribution in [0.5, 0.6) is 0 Å². The molecule has 30 heavy (non-hydrogen) atoms. The van der Waals surface area contributed by atoms with Gasteiger partial charge in [0, 0.05) is 26.2 Å². The molecule has 3 aromatic rings. The molecule has 7 nitrogen and oxygen atoms in total. The molecule has 4 rings (SSSR count). The van der Waals surface area contributed by atoms with Crippen molar-refractivity contribution in [2.24, 2.45) is 0 Å². The van der Waals surface area contributed by atoms with Gasteiger partial charge in [0.25, 0.3) is 11.5 Å². The van der Waals surface area contributed by atoms with Crippen LogP contribution >= 0.6 is 0 Å². The van der Waals surface area contributed by atoms with E-state index in [1.807, 2.05) is 0 Å². The van der Waals surface area contributed by atoms with Gasteiger partial charge in [-0.2, -0.15) is 0 Å². The predicted octanol–water partition coefficient (Wildman–Crippen LogP) is 1.65. The van der Waals surface area contributed by atoms with Gasteiger partial charge in [0.1, 0.15) is 5.82 Å². The highest BCUT2D eigenvalue weighted by atomic mass is 19.1. The Kier molecular flexibility index (Phi) is 5.50. The summed E-state index contributed by atoms with van der Waals surface area (Å²) in [5, 5.41) is 0.393. The van der Waals surface area contributed by atoms with Crippen LogP contribution in [0.3, 0.4) is 0 Å². The zero-order valence-corrected chi connectivity index (χ0v) is 16.7. The lowest BCUT2D eigenvalue weighted by atomic mass is 10.1. The summed E-state index contributed by atoms with van der Waals surface area (Å²) in [6, 6.07) is 11.1. The fourth-order valence-corrected chi connectivity index (χ4v) is 3.85. The number of hydrogen-bond acceptors (Lipinski definition) is 4. The van der Waals surface area contributed by atoms with E-state index in [9.17, 15) is 18.8 Å². The standard InChI is InChI=1S/C22H23FN4O3/c1-2-25-9-11-26(12-10-25)21(29)17-13-15(7-8-18(17)23)14-27-19-6-4-3-5-16(19)20(28)24-22(27)30/h3-8,13H,2,9-12,14H2,1H3,(H,24,28,30). The van der Waals surface area contributed by atoms with Crippen LogP contribution in [0.15, 0.2) is 52.1 Å². The number of carbonyl (C=O) groups excluding carboxylic acids is 1. The largest absolute Gasteiger partial charge is 0.336 e. The van der Waals surface area contributed by atoms with Crippen molar-refractivity contribution < 1.29 is 9.18 Å². The molecule has 1 N–H and O–H groups in total. The van der Waals surface area contributed by atoms with Crippen LogP contribution < -0.4 is 11.2 Å². The Bertz CT molecular complexity index is 1210. The molecule has 0 spiro atoms. The van der Waals surface area contributed by atoms with Crippen LogP contribution in [-0.4, -0.2) is 58.0 Å². The number of para-hydroxylation sites is 1. The number of halogens is 1. The lowest BCUT2D eigenvalue weighted by Crippen LogP contribution is -2.48. The third-order valence-electron chi connectivity index (χ3n) is 5.61. The first-order chi connectivity index (χ1) is 14.5. The number of hydrogen-bond donors (Lipinski definition) is 1. The van der Waals surface area contributed by atoms with Gasteiger partial charge in [-0.25, -0.2) is 9.18 Å². The number of rotatable bonds is 4. The molecule has 0 radical (unpaired) electrons. The molecule has 0 aliphatic carbocycles. The first kappa shape index (κ1) is 20.0. The molecule has 0 bridgehead atoms. The van der Waals surface area contributed by atoms with E-state index in [0.717, 1.165) is 19.6 Å². The Morgan fingerprint density at radius 1 is 1.07 bits per heavy atom. The molecule has 156 valence electrons. The van der Waals surface area contributed by atoms with Gasteiger partial charge in [-0.05, 0) is 36.4 Å². The van der Waals surface area contributed by atoms with Crippen molar-refractivity contribution in [3.63, 3.8) is 0 Å². The van der Waals surface area contributed by atoms with Gasteiger partial charge in [-0.15, -0.1) is 0 Å². The van der Waals surface area contributed by atoms with Crippen LogP contribution in [0.4, 0.5) is 4.39 Å². The molecule has 0 unspecified atom stereocenters. The smallest absolute Gasteiger partial charge is 0.329 e. The Hall–Kier alpha value is -3.26. The molecular formula is C22H23FN4O3. The average Bonchev–Trinajstić information content (AvgIpc) is 2.77. The molecule has 0 saturated carbocycles. The molecule has 1 saturated heterocycles. The van der Waals surface area contributed by atoms with Crippen LogP contribution in [0, 0.1) is 5.82 Å². The summed E-state index contributed by atoms with van der Waals surface area (Å²) in [5.74, 6) is -0.927. The van der Waals surface area contributed by atoms with Crippen molar-refractivity contribution in [3.05, 3.63) is 80.2 Å². The van der Waals surface area contributed by atoms with Crippen LogP contribution in [0.2, 0.25) is 0 Å². The minimum atomic E-state index is -0.583. The van der Waals surface area contributed by atoms with Gasteiger partial charge < -0.3 is 9.80 Å². The van der Waals surface area contributed by atoms with Gasteiger partial charge in [0.05, 0.1) is 23.0 Å². The SMILES string of the molecule is CCN1CCN(C(=O)c2cc(Cn3c(=O)[nH]c(=O)c4ccccc43)ccc2F)CC1. The van der Waals surface area contributed by atoms with Gasteiger partial charge in [0.2, 0.25) is 0 Å². The Balaban J connectivity index is 1.65. The topological polar surface area (TPSA) is 78.4 Å². The predicted molar refractivity (Wildman–Crippen MR) is 112 cm³/mol. The number of H-pyrrole nitrogens is 1. The van der Waals surface area contributed by atoms with E-state index in [1.165, 1.54) is 16.7 Å². The van der Waals surface area contributed by atoms with E-state index in [2.05, 4.69) is 16.8 Å². The Labute approximate surface area is 172 Å². The summed E-state index contributed by atoms with van der Waals surface area (Å²) in [6.45, 7) is 5.75. The zero-order chi connectivity index (χ0) is 21.3. The molecule has 1 fully saturated rings. The van der Waals surface area contributed by atoms with Crippen molar-refractivity contribution >= 4 is 16.8 Å². The lowest BCUT2D eigenvalue weighted by Gasteiger charge is -2.34. The second kappa shape index (κ2) is 8.23. The van der Waals surface area contributed by atoms with E-state index in [-0.39, 0.29) is 18.0 Å². The minimum Gasteiger partial charge on any atom is -0.336 e. The van der Waals surface area contributed by atoms with E-state index >= 15 is 0 Å². The zero-order valence-electron chi connectivity index (χ0n) is 16.7. The molecule has 1 amide bonds. The molecule has 2 aromatic carbocycles. The Morgan fingerprint density at radius 3 is 2.53 bits per heavy atom. The second-order valence-corrected chi connectivity index (χ2v) is 7.40. The number of aromatic amines is 1. The molecule has 0 atom stereocenters. The number of benzene rings is 2. The summed E-state index contributed by atoms with van der Waals surface area (Å²) >= 11 is 0. The highest BCUT2D eigenvalue weighted by molar-refractivity contribution is 5.94. The van der Waals surface area contributed by atoms with Crippen LogP contribution in [-0.2, 0) is 6.54 Å². The van der Waals surface area contributed by atoms with E-state index in [0.29, 0.717) is 29.6 Å². The number of fused-ring (bicyclic) bond motifs is 1. The van der Waals surface area contributed by atoms with Gasteiger partial charge in [0.15, 0.2) is 0 Å². The number of nitrogens with one attached hydrogen (secondary N) is 1. The van der Waals surface area contributed by atoms with Crippen molar-refractivity contribution in [2.75, 3.05) is 32.7 Å². The number of piperazine rings is 1. The number of amides is 1. The summed E-state index contributed by atoms with van der Waals surface area (Å²) in [6.07, 6.45) is 0. The maximum Gasteiger partial charge on any atom is 0.329 e. The molecule has 2 heterocycles. The summed E-state index contributed by atoms with van der Waals surface area (Å²) in [4.78, 5) is 43.6. The Morgan fingerprint density at radius 2 is 1.80 bits per heavy atom. The highest BCUT2D eigenvalue weighted by Gasteiger charge is 2.24. The van der Waals surface area contributed by atoms with Gasteiger partial charge >= 0.3 is 5.69 Å². The van der Waals surface area contributed by atoms with E-state index in [1.54, 1.807) is 35.2 Å². The maximum atomic E-state index is 14.5. The highest BCUT2D eigenvalue weighted by Crippen LogP contribution is 2.17. The van der Waals surface area contributed by atoms with Crippen molar-refractivity contribution in [3.8, 4) is 0 Å². The fraction of sp³-hybridized carbons (Fsp3) is 0.318. The number of likely N-dealkylation sites (N-methyl/N-ethyl adjacent to an activating group) is 1. The molecule has 1 aromatic heterocycles. The van der Waals surface area contributed by atoms with Crippen LogP contribution in [0.25, 0.3) is 10.9 Å². The summed E-state index contributed by atoms with van der Waals surface area (Å²) in [5.41, 5.74) is 0.0873. The van der Waals surface area contributed by atoms with Crippen molar-refractivity contribution in [1.29, 1.82) is 0 Å². The van der Waals surface area contributed by atoms with E-state index < -0.39 is 17.1 Å². The molecular weight excluding hydrogens is 387 g/mol. The second-order valence-electron chi connectivity index (χ2n) is 7.40. The average molecular weight is 410 g/mol. The summed E-state index contributed by atoms with van der Waals surface area (Å²) < 4.78 is 15.9. The molecule has 8 heteroatoms. The first-order valence-electron chi connectivity index (χ1n) is 10.00. The lowest BCUT2D eigenvalue weighted by molar-refractivity contribution is 0.0638. The third-order valence-corrected chi connectivity index (χ3v) is 5.61. The van der Waals surface area contributed by atoms with Gasteiger partial charge in [-0.3, -0.25) is 19.1 Å². The first-order valence-corrected chi connectivity index (χ1v) is 10.00. The molecule has 1 aliphatic rings. The van der Waals surface area contributed by atoms with Gasteiger partial charge in [-0.1, -0.05) is 25.1 Å².